The Kier molecular flexibility index (Phi) is 9.05. The van der Waals surface area contributed by atoms with Crippen LogP contribution in [0.15, 0.2) is 47.5 Å². The standard InChI is InChI=1S/C22H28F2N4O3/c1-25-22(26-11-10-15-6-5-7-16(12-15)20(29)28(2)3)27-14-17-13-18(30-4)8-9-19(17)31-21(23)24/h5-9,12-13,21H,10-11,14H2,1-4H3,(H2,25,26,27). The summed E-state index contributed by atoms with van der Waals surface area (Å²) in [4.78, 5) is 17.8. The minimum Gasteiger partial charge on any atom is -0.497 e. The molecule has 31 heavy (non-hydrogen) atoms. The largest absolute Gasteiger partial charge is 0.497 e. The first kappa shape index (κ1) is 23.9. The smallest absolute Gasteiger partial charge is 0.387 e. The molecule has 0 saturated heterocycles. The van der Waals surface area contributed by atoms with Crippen LogP contribution in [0.1, 0.15) is 21.5 Å². The van der Waals surface area contributed by atoms with Crippen molar-refractivity contribution in [2.24, 2.45) is 4.99 Å². The maximum atomic E-state index is 12.7. The van der Waals surface area contributed by atoms with Crippen LogP contribution in [-0.2, 0) is 13.0 Å². The molecule has 1 amide bonds. The molecule has 0 saturated carbocycles. The average Bonchev–Trinajstić information content (AvgIpc) is 2.76. The van der Waals surface area contributed by atoms with E-state index in [1.807, 2.05) is 18.2 Å². The second-order valence-corrected chi connectivity index (χ2v) is 6.85. The summed E-state index contributed by atoms with van der Waals surface area (Å²) >= 11 is 0. The molecule has 168 valence electrons. The Morgan fingerprint density at radius 3 is 2.58 bits per heavy atom. The molecule has 0 aliphatic rings. The van der Waals surface area contributed by atoms with E-state index >= 15 is 0 Å². The third kappa shape index (κ3) is 7.44. The van der Waals surface area contributed by atoms with Crippen LogP contribution in [0.5, 0.6) is 11.5 Å². The van der Waals surface area contributed by atoms with Crippen molar-refractivity contribution in [3.8, 4) is 11.5 Å². The van der Waals surface area contributed by atoms with Crippen LogP contribution in [0.25, 0.3) is 0 Å². The second kappa shape index (κ2) is 11.7. The number of guanidine groups is 1. The Morgan fingerprint density at radius 2 is 1.94 bits per heavy atom. The van der Waals surface area contributed by atoms with Gasteiger partial charge < -0.3 is 25.0 Å². The summed E-state index contributed by atoms with van der Waals surface area (Å²) in [5.41, 5.74) is 2.16. The van der Waals surface area contributed by atoms with Crippen molar-refractivity contribution in [1.82, 2.24) is 15.5 Å². The lowest BCUT2D eigenvalue weighted by Crippen LogP contribution is -2.38. The number of amides is 1. The van der Waals surface area contributed by atoms with Crippen molar-refractivity contribution < 1.29 is 23.0 Å². The molecule has 0 unspecified atom stereocenters. The minimum absolute atomic E-state index is 0.0487. The van der Waals surface area contributed by atoms with E-state index in [2.05, 4.69) is 20.4 Å². The number of halogens is 2. The minimum atomic E-state index is -2.92. The first-order chi connectivity index (χ1) is 14.8. The van der Waals surface area contributed by atoms with E-state index < -0.39 is 6.61 Å². The van der Waals surface area contributed by atoms with Gasteiger partial charge in [0.05, 0.1) is 7.11 Å². The molecule has 2 rings (SSSR count). The van der Waals surface area contributed by atoms with E-state index in [1.54, 1.807) is 39.3 Å². The highest BCUT2D eigenvalue weighted by Crippen LogP contribution is 2.25. The van der Waals surface area contributed by atoms with Crippen LogP contribution in [0.3, 0.4) is 0 Å². The van der Waals surface area contributed by atoms with Crippen LogP contribution in [0.4, 0.5) is 8.78 Å². The molecule has 0 atom stereocenters. The van der Waals surface area contributed by atoms with Gasteiger partial charge in [0.15, 0.2) is 5.96 Å². The monoisotopic (exact) mass is 434 g/mol. The van der Waals surface area contributed by atoms with Crippen molar-refractivity contribution in [1.29, 1.82) is 0 Å². The van der Waals surface area contributed by atoms with E-state index in [0.29, 0.717) is 35.8 Å². The third-order valence-electron chi connectivity index (χ3n) is 4.44. The quantitative estimate of drug-likeness (QED) is 0.469. The normalized spacial score (nSPS) is 11.3. The zero-order valence-corrected chi connectivity index (χ0v) is 18.1. The number of nitrogens with zero attached hydrogens (tertiary/aromatic N) is 2. The molecular weight excluding hydrogens is 406 g/mol. The maximum absolute atomic E-state index is 12.7. The van der Waals surface area contributed by atoms with Gasteiger partial charge in [-0.15, -0.1) is 0 Å². The molecule has 0 aromatic heterocycles. The summed E-state index contributed by atoms with van der Waals surface area (Å²) < 4.78 is 35.1. The number of nitrogens with one attached hydrogen (secondary N) is 2. The van der Waals surface area contributed by atoms with Crippen molar-refractivity contribution in [3.05, 3.63) is 59.2 Å². The number of hydrogen-bond acceptors (Lipinski definition) is 4. The SMILES string of the molecule is CN=C(NCCc1cccc(C(=O)N(C)C)c1)NCc1cc(OC)ccc1OC(F)F. The van der Waals surface area contributed by atoms with Crippen LogP contribution < -0.4 is 20.1 Å². The number of benzene rings is 2. The van der Waals surface area contributed by atoms with Crippen LogP contribution in [-0.4, -0.2) is 58.2 Å². The molecule has 2 aromatic carbocycles. The molecule has 0 radical (unpaired) electrons. The number of carbonyl (C=O) groups is 1. The topological polar surface area (TPSA) is 75.2 Å². The van der Waals surface area contributed by atoms with E-state index in [-0.39, 0.29) is 18.2 Å². The van der Waals surface area contributed by atoms with Crippen molar-refractivity contribution in [3.63, 3.8) is 0 Å². The van der Waals surface area contributed by atoms with E-state index in [9.17, 15) is 13.6 Å². The highest BCUT2D eigenvalue weighted by Gasteiger charge is 2.12. The van der Waals surface area contributed by atoms with Crippen molar-refractivity contribution in [2.45, 2.75) is 19.6 Å². The predicted octanol–water partition coefficient (Wildman–Crippen LogP) is 2.91. The van der Waals surface area contributed by atoms with Gasteiger partial charge in [0, 0.05) is 45.4 Å². The number of rotatable bonds is 9. The fourth-order valence-electron chi connectivity index (χ4n) is 2.87. The number of alkyl halides is 2. The number of hydrogen-bond donors (Lipinski definition) is 2. The summed E-state index contributed by atoms with van der Waals surface area (Å²) in [6.07, 6.45) is 0.675. The molecule has 9 heteroatoms. The van der Waals surface area contributed by atoms with E-state index in [0.717, 1.165) is 5.56 Å². The summed E-state index contributed by atoms with van der Waals surface area (Å²) in [5.74, 6) is 1.06. The Hall–Kier alpha value is -3.36. The molecule has 7 nitrogen and oxygen atoms in total. The fourth-order valence-corrected chi connectivity index (χ4v) is 2.87. The first-order valence-corrected chi connectivity index (χ1v) is 9.71. The molecule has 0 spiro atoms. The number of carbonyl (C=O) groups excluding carboxylic acids is 1. The summed E-state index contributed by atoms with van der Waals surface area (Å²) in [6.45, 7) is -2.14. The molecule has 0 aliphatic carbocycles. The van der Waals surface area contributed by atoms with Gasteiger partial charge in [-0.2, -0.15) is 8.78 Å². The van der Waals surface area contributed by atoms with Gasteiger partial charge in [-0.3, -0.25) is 9.79 Å². The van der Waals surface area contributed by atoms with Crippen LogP contribution in [0.2, 0.25) is 0 Å². The van der Waals surface area contributed by atoms with Gasteiger partial charge in [-0.25, -0.2) is 0 Å². The Bertz CT molecular complexity index is 904. The fraction of sp³-hybridized carbons (Fsp3) is 0.364. The lowest BCUT2D eigenvalue weighted by atomic mass is 10.1. The zero-order chi connectivity index (χ0) is 22.8. The van der Waals surface area contributed by atoms with Crippen LogP contribution >= 0.6 is 0 Å². The molecule has 0 aliphatic heterocycles. The molecule has 2 aromatic rings. The van der Waals surface area contributed by atoms with Crippen molar-refractivity contribution in [2.75, 3.05) is 34.8 Å². The molecular formula is C22H28F2N4O3. The lowest BCUT2D eigenvalue weighted by Gasteiger charge is -2.15. The highest BCUT2D eigenvalue weighted by molar-refractivity contribution is 5.94. The number of aliphatic imine (C=N–C) groups is 1. The Balaban J connectivity index is 1.94. The van der Waals surface area contributed by atoms with E-state index in [4.69, 9.17) is 4.74 Å². The van der Waals surface area contributed by atoms with Gasteiger partial charge in [0.2, 0.25) is 0 Å². The maximum Gasteiger partial charge on any atom is 0.387 e. The zero-order valence-electron chi connectivity index (χ0n) is 18.1. The van der Waals surface area contributed by atoms with Gasteiger partial charge in [-0.1, -0.05) is 12.1 Å². The summed E-state index contributed by atoms with van der Waals surface area (Å²) in [7, 11) is 6.55. The summed E-state index contributed by atoms with van der Waals surface area (Å²) in [6, 6.07) is 12.1. The van der Waals surface area contributed by atoms with Gasteiger partial charge >= 0.3 is 6.61 Å². The predicted molar refractivity (Wildman–Crippen MR) is 116 cm³/mol. The first-order valence-electron chi connectivity index (χ1n) is 9.71. The van der Waals surface area contributed by atoms with Gasteiger partial charge in [0.25, 0.3) is 5.91 Å². The lowest BCUT2D eigenvalue weighted by molar-refractivity contribution is -0.0505. The summed E-state index contributed by atoms with van der Waals surface area (Å²) in [5, 5.41) is 6.25. The number of methoxy groups -OCH3 is 1. The van der Waals surface area contributed by atoms with Gasteiger partial charge in [-0.05, 0) is 42.3 Å². The van der Waals surface area contributed by atoms with Crippen LogP contribution in [0, 0.1) is 0 Å². The van der Waals surface area contributed by atoms with E-state index in [1.165, 1.54) is 18.1 Å². The van der Waals surface area contributed by atoms with Gasteiger partial charge in [0.1, 0.15) is 11.5 Å². The molecule has 0 fully saturated rings. The number of ether oxygens (including phenoxy) is 2. The van der Waals surface area contributed by atoms with Crippen molar-refractivity contribution >= 4 is 11.9 Å². The highest BCUT2D eigenvalue weighted by atomic mass is 19.3. The average molecular weight is 434 g/mol. The Morgan fingerprint density at radius 1 is 1.16 bits per heavy atom. The third-order valence-corrected chi connectivity index (χ3v) is 4.44. The second-order valence-electron chi connectivity index (χ2n) is 6.85. The Labute approximate surface area is 181 Å². The molecule has 2 N–H and O–H groups in total. The molecule has 0 heterocycles. The molecule has 0 bridgehead atoms.